The molecule has 1 aliphatic rings. The lowest BCUT2D eigenvalue weighted by molar-refractivity contribution is 0.222. The van der Waals surface area contributed by atoms with Gasteiger partial charge >= 0.3 is 6.03 Å². The quantitative estimate of drug-likeness (QED) is 0.623. The Labute approximate surface area is 105 Å². The zero-order valence-electron chi connectivity index (χ0n) is 10.3. The van der Waals surface area contributed by atoms with E-state index in [0.29, 0.717) is 5.69 Å². The summed E-state index contributed by atoms with van der Waals surface area (Å²) in [4.78, 5) is 13.5. The first kappa shape index (κ1) is 12.6. The van der Waals surface area contributed by atoms with E-state index in [1.807, 2.05) is 0 Å². The number of rotatable bonds is 2. The van der Waals surface area contributed by atoms with Crippen molar-refractivity contribution in [2.45, 2.75) is 12.8 Å². The predicted molar refractivity (Wildman–Crippen MR) is 68.8 cm³/mol. The van der Waals surface area contributed by atoms with Gasteiger partial charge in [0.25, 0.3) is 0 Å². The second-order valence-corrected chi connectivity index (χ2v) is 4.40. The van der Waals surface area contributed by atoms with Crippen LogP contribution < -0.4 is 16.2 Å². The van der Waals surface area contributed by atoms with Gasteiger partial charge in [-0.25, -0.2) is 15.0 Å². The van der Waals surface area contributed by atoms with Crippen LogP contribution in [0, 0.1) is 5.82 Å². The van der Waals surface area contributed by atoms with Crippen molar-refractivity contribution in [2.75, 3.05) is 30.5 Å². The van der Waals surface area contributed by atoms with E-state index >= 15 is 0 Å². The minimum Gasteiger partial charge on any atom is -0.325 e. The van der Waals surface area contributed by atoms with Crippen LogP contribution in [0.15, 0.2) is 18.2 Å². The van der Waals surface area contributed by atoms with E-state index in [1.54, 1.807) is 18.0 Å². The Kier molecular flexibility index (Phi) is 3.66. The number of nitrogens with two attached hydrogens (primary N) is 1. The lowest BCUT2D eigenvalue weighted by Crippen LogP contribution is -2.32. The van der Waals surface area contributed by atoms with Crippen molar-refractivity contribution in [3.63, 3.8) is 0 Å². The maximum absolute atomic E-state index is 13.6. The number of carbonyl (C=O) groups excluding carboxylic acids is 1. The second-order valence-electron chi connectivity index (χ2n) is 4.40. The summed E-state index contributed by atoms with van der Waals surface area (Å²) in [6.45, 7) is 1.52. The van der Waals surface area contributed by atoms with Gasteiger partial charge in [0.15, 0.2) is 0 Å². The molecule has 0 aromatic heterocycles. The maximum Gasteiger partial charge on any atom is 0.321 e. The highest BCUT2D eigenvalue weighted by molar-refractivity contribution is 5.89. The predicted octanol–water partition coefficient (Wildman–Crippen LogP) is 1.76. The van der Waals surface area contributed by atoms with Crippen LogP contribution >= 0.6 is 0 Å². The summed E-state index contributed by atoms with van der Waals surface area (Å²) < 4.78 is 13.6. The summed E-state index contributed by atoms with van der Waals surface area (Å²) in [5.74, 6) is 5.00. The average Bonchev–Trinajstić information content (AvgIpc) is 2.81. The number of anilines is 2. The Hall–Kier alpha value is -1.82. The number of halogens is 1. The number of nitrogens with zero attached hydrogens (tertiary/aromatic N) is 2. The number of carbonyl (C=O) groups is 1. The van der Waals surface area contributed by atoms with Gasteiger partial charge in [-0.1, -0.05) is 0 Å². The molecule has 1 aromatic rings. The summed E-state index contributed by atoms with van der Waals surface area (Å²) in [5, 5.41) is 3.87. The molecule has 0 aliphatic carbocycles. The zero-order valence-corrected chi connectivity index (χ0v) is 10.3. The number of urea groups is 1. The molecule has 2 amide bonds. The highest BCUT2D eigenvalue weighted by Crippen LogP contribution is 2.21. The van der Waals surface area contributed by atoms with E-state index in [1.165, 1.54) is 17.1 Å². The van der Waals surface area contributed by atoms with Crippen molar-refractivity contribution in [3.8, 4) is 0 Å². The van der Waals surface area contributed by atoms with E-state index in [4.69, 9.17) is 5.84 Å². The van der Waals surface area contributed by atoms with E-state index in [9.17, 15) is 9.18 Å². The van der Waals surface area contributed by atoms with Crippen molar-refractivity contribution >= 4 is 17.4 Å². The molecule has 18 heavy (non-hydrogen) atoms. The lowest BCUT2D eigenvalue weighted by atomic mass is 10.2. The Morgan fingerprint density at radius 1 is 1.44 bits per heavy atom. The van der Waals surface area contributed by atoms with Crippen LogP contribution in [-0.2, 0) is 0 Å². The minimum atomic E-state index is -0.459. The van der Waals surface area contributed by atoms with Gasteiger partial charge in [0.1, 0.15) is 5.82 Å². The highest BCUT2D eigenvalue weighted by atomic mass is 19.1. The summed E-state index contributed by atoms with van der Waals surface area (Å²) in [6, 6.07) is 4.26. The van der Waals surface area contributed by atoms with Crippen LogP contribution in [0.4, 0.5) is 20.6 Å². The number of hydrazine groups is 1. The average molecular weight is 252 g/mol. The first-order valence-corrected chi connectivity index (χ1v) is 5.92. The first-order valence-electron chi connectivity index (χ1n) is 5.92. The van der Waals surface area contributed by atoms with Crippen molar-refractivity contribution in [1.29, 1.82) is 0 Å². The van der Waals surface area contributed by atoms with Gasteiger partial charge in [-0.2, -0.15) is 0 Å². The Morgan fingerprint density at radius 3 is 2.67 bits per heavy atom. The van der Waals surface area contributed by atoms with Crippen LogP contribution in [0.2, 0.25) is 0 Å². The topological polar surface area (TPSA) is 61.6 Å². The van der Waals surface area contributed by atoms with Gasteiger partial charge in [-0.15, -0.1) is 0 Å². The van der Waals surface area contributed by atoms with Crippen LogP contribution in [0.1, 0.15) is 12.8 Å². The number of hydrogen-bond acceptors (Lipinski definition) is 3. The molecule has 0 saturated carbocycles. The third-order valence-corrected chi connectivity index (χ3v) is 2.97. The van der Waals surface area contributed by atoms with Crippen molar-refractivity contribution in [2.24, 2.45) is 5.84 Å². The largest absolute Gasteiger partial charge is 0.325 e. The Balaban J connectivity index is 2.05. The lowest BCUT2D eigenvalue weighted by Gasteiger charge is -2.17. The van der Waals surface area contributed by atoms with Gasteiger partial charge in [0.05, 0.1) is 5.69 Å². The van der Waals surface area contributed by atoms with Crippen molar-refractivity contribution in [3.05, 3.63) is 24.0 Å². The minimum absolute atomic E-state index is 0.180. The normalized spacial score (nSPS) is 14.7. The second kappa shape index (κ2) is 5.22. The summed E-state index contributed by atoms with van der Waals surface area (Å²) in [5.41, 5.74) is 0.726. The number of hydrogen-bond donors (Lipinski definition) is 2. The molecule has 0 atom stereocenters. The fourth-order valence-electron chi connectivity index (χ4n) is 1.99. The summed E-state index contributed by atoms with van der Waals surface area (Å²) in [6.07, 6.45) is 2.05. The number of nitrogens with one attached hydrogen (secondary N) is 1. The number of amides is 2. The van der Waals surface area contributed by atoms with E-state index in [2.05, 4.69) is 5.32 Å². The molecule has 3 N–H and O–H groups in total. The molecule has 5 nitrogen and oxygen atoms in total. The zero-order chi connectivity index (χ0) is 13.1. The molecule has 1 fully saturated rings. The maximum atomic E-state index is 13.6. The Morgan fingerprint density at radius 2 is 2.11 bits per heavy atom. The van der Waals surface area contributed by atoms with Crippen molar-refractivity contribution < 1.29 is 9.18 Å². The van der Waals surface area contributed by atoms with E-state index in [0.717, 1.165) is 25.9 Å². The molecular formula is C12H17FN4O. The molecule has 2 rings (SSSR count). The van der Waals surface area contributed by atoms with Gasteiger partial charge in [0, 0.05) is 25.8 Å². The van der Waals surface area contributed by atoms with E-state index in [-0.39, 0.29) is 11.7 Å². The standard InChI is InChI=1S/C12H17FN4O/c1-16(14)11-5-4-9(8-10(11)13)15-12(18)17-6-2-3-7-17/h4-5,8H,2-3,6-7,14H2,1H3,(H,15,18). The summed E-state index contributed by atoms with van der Waals surface area (Å²) >= 11 is 0. The molecule has 1 heterocycles. The molecule has 1 saturated heterocycles. The number of likely N-dealkylation sites (tertiary alicyclic amines) is 1. The smallest absolute Gasteiger partial charge is 0.321 e. The first-order chi connectivity index (χ1) is 8.58. The molecular weight excluding hydrogens is 235 g/mol. The fourth-order valence-corrected chi connectivity index (χ4v) is 1.99. The molecule has 6 heteroatoms. The van der Waals surface area contributed by atoms with E-state index < -0.39 is 5.82 Å². The molecule has 0 unspecified atom stereocenters. The highest BCUT2D eigenvalue weighted by Gasteiger charge is 2.18. The van der Waals surface area contributed by atoms with Crippen LogP contribution in [0.25, 0.3) is 0 Å². The molecule has 1 aromatic carbocycles. The van der Waals surface area contributed by atoms with Crippen LogP contribution in [0.5, 0.6) is 0 Å². The number of benzene rings is 1. The summed E-state index contributed by atoms with van der Waals surface area (Å²) in [7, 11) is 1.56. The van der Waals surface area contributed by atoms with Crippen molar-refractivity contribution in [1.82, 2.24) is 4.90 Å². The van der Waals surface area contributed by atoms with Gasteiger partial charge < -0.3 is 15.2 Å². The van der Waals surface area contributed by atoms with Crippen LogP contribution in [0.3, 0.4) is 0 Å². The fraction of sp³-hybridized carbons (Fsp3) is 0.417. The van der Waals surface area contributed by atoms with Gasteiger partial charge in [-0.3, -0.25) is 0 Å². The van der Waals surface area contributed by atoms with Gasteiger partial charge in [0.2, 0.25) is 0 Å². The monoisotopic (exact) mass is 252 g/mol. The third-order valence-electron chi connectivity index (χ3n) is 2.97. The van der Waals surface area contributed by atoms with Crippen LogP contribution in [-0.4, -0.2) is 31.1 Å². The molecule has 1 aliphatic heterocycles. The molecule has 0 radical (unpaired) electrons. The van der Waals surface area contributed by atoms with Gasteiger partial charge in [-0.05, 0) is 31.0 Å². The third kappa shape index (κ3) is 2.70. The molecule has 98 valence electrons. The molecule has 0 spiro atoms. The SMILES string of the molecule is CN(N)c1ccc(NC(=O)N2CCCC2)cc1F. The molecule has 0 bridgehead atoms. The Bertz CT molecular complexity index is 444.